The molecule has 0 bridgehead atoms. The van der Waals surface area contributed by atoms with Crippen LogP contribution < -0.4 is 10.6 Å². The Bertz CT molecular complexity index is 62.3. The van der Waals surface area contributed by atoms with Crippen molar-refractivity contribution in [1.82, 2.24) is 10.6 Å². The lowest BCUT2D eigenvalue weighted by atomic mass is 10.2. The van der Waals surface area contributed by atoms with Crippen molar-refractivity contribution >= 4 is 0 Å². The first-order valence-corrected chi connectivity index (χ1v) is 4.12. The molecule has 0 radical (unpaired) electrons. The van der Waals surface area contributed by atoms with E-state index in [1.54, 1.807) is 0 Å². The molecule has 62 valence electrons. The molecule has 0 saturated heterocycles. The SMILES string of the molecule is CNCCCNCC(C)C. The first kappa shape index (κ1) is 9.92. The predicted octanol–water partition coefficient (Wildman–Crippen LogP) is 0.841. The van der Waals surface area contributed by atoms with Gasteiger partial charge >= 0.3 is 0 Å². The Balaban J connectivity index is 2.77. The molecule has 0 aromatic heterocycles. The minimum atomic E-state index is 0.773. The highest BCUT2D eigenvalue weighted by Crippen LogP contribution is 1.86. The van der Waals surface area contributed by atoms with Gasteiger partial charge in [-0.15, -0.1) is 0 Å². The fourth-order valence-electron chi connectivity index (χ4n) is 0.781. The smallest absolute Gasteiger partial charge is 0.00258 e. The minimum absolute atomic E-state index is 0.773. The Morgan fingerprint density at radius 2 is 1.90 bits per heavy atom. The Labute approximate surface area is 64.4 Å². The van der Waals surface area contributed by atoms with Crippen LogP contribution in [-0.4, -0.2) is 26.7 Å². The van der Waals surface area contributed by atoms with Crippen LogP contribution in [-0.2, 0) is 0 Å². The van der Waals surface area contributed by atoms with Crippen molar-refractivity contribution in [3.63, 3.8) is 0 Å². The lowest BCUT2D eigenvalue weighted by Crippen LogP contribution is -2.23. The van der Waals surface area contributed by atoms with Crippen LogP contribution in [0.1, 0.15) is 20.3 Å². The van der Waals surface area contributed by atoms with Crippen molar-refractivity contribution in [2.24, 2.45) is 5.92 Å². The van der Waals surface area contributed by atoms with Crippen LogP contribution in [0.5, 0.6) is 0 Å². The summed E-state index contributed by atoms with van der Waals surface area (Å²) in [6, 6.07) is 0. The molecule has 0 heterocycles. The van der Waals surface area contributed by atoms with E-state index in [1.807, 2.05) is 7.05 Å². The van der Waals surface area contributed by atoms with Crippen LogP contribution in [0.2, 0.25) is 0 Å². The van der Waals surface area contributed by atoms with Crippen LogP contribution in [0, 0.1) is 5.92 Å². The standard InChI is InChI=1S/C8H20N2/c1-8(2)7-10-6-4-5-9-3/h8-10H,4-7H2,1-3H3. The van der Waals surface area contributed by atoms with E-state index in [0.717, 1.165) is 25.6 Å². The molecule has 0 spiro atoms. The van der Waals surface area contributed by atoms with Gasteiger partial charge in [-0.05, 0) is 39.0 Å². The van der Waals surface area contributed by atoms with Gasteiger partial charge in [-0.1, -0.05) is 13.8 Å². The molecule has 0 aliphatic rings. The van der Waals surface area contributed by atoms with Gasteiger partial charge in [-0.3, -0.25) is 0 Å². The maximum Gasteiger partial charge on any atom is -0.00258 e. The second-order valence-electron chi connectivity index (χ2n) is 3.06. The highest BCUT2D eigenvalue weighted by Gasteiger charge is 1.90. The maximum atomic E-state index is 3.38. The summed E-state index contributed by atoms with van der Waals surface area (Å²) in [5.74, 6) is 0.773. The third kappa shape index (κ3) is 7.92. The van der Waals surface area contributed by atoms with Crippen LogP contribution in [0.4, 0.5) is 0 Å². The van der Waals surface area contributed by atoms with Crippen molar-refractivity contribution in [2.75, 3.05) is 26.7 Å². The molecule has 0 aliphatic carbocycles. The van der Waals surface area contributed by atoms with Crippen molar-refractivity contribution in [1.29, 1.82) is 0 Å². The number of nitrogens with one attached hydrogen (secondary N) is 2. The maximum absolute atomic E-state index is 3.38. The zero-order chi connectivity index (χ0) is 7.82. The zero-order valence-corrected chi connectivity index (χ0v) is 7.41. The molecule has 0 saturated carbocycles. The summed E-state index contributed by atoms with van der Waals surface area (Å²) in [6.07, 6.45) is 1.23. The quantitative estimate of drug-likeness (QED) is 0.540. The van der Waals surface area contributed by atoms with Gasteiger partial charge in [0.1, 0.15) is 0 Å². The van der Waals surface area contributed by atoms with E-state index < -0.39 is 0 Å². The first-order chi connectivity index (χ1) is 4.77. The summed E-state index contributed by atoms with van der Waals surface area (Å²) in [5.41, 5.74) is 0. The normalized spacial score (nSPS) is 10.8. The average Bonchev–Trinajstić information content (AvgIpc) is 1.87. The van der Waals surface area contributed by atoms with E-state index >= 15 is 0 Å². The molecule has 0 aromatic carbocycles. The summed E-state index contributed by atoms with van der Waals surface area (Å²) in [7, 11) is 1.99. The highest BCUT2D eigenvalue weighted by atomic mass is 14.9. The Kier molecular flexibility index (Phi) is 6.98. The lowest BCUT2D eigenvalue weighted by Gasteiger charge is -2.06. The molecule has 2 heteroatoms. The molecule has 0 amide bonds. The topological polar surface area (TPSA) is 24.1 Å². The van der Waals surface area contributed by atoms with E-state index in [-0.39, 0.29) is 0 Å². The van der Waals surface area contributed by atoms with E-state index in [2.05, 4.69) is 24.5 Å². The van der Waals surface area contributed by atoms with E-state index in [9.17, 15) is 0 Å². The van der Waals surface area contributed by atoms with Crippen LogP contribution in [0.15, 0.2) is 0 Å². The van der Waals surface area contributed by atoms with Gasteiger partial charge < -0.3 is 10.6 Å². The van der Waals surface area contributed by atoms with Crippen LogP contribution in [0.3, 0.4) is 0 Å². The van der Waals surface area contributed by atoms with Crippen molar-refractivity contribution in [3.8, 4) is 0 Å². The fourth-order valence-corrected chi connectivity index (χ4v) is 0.781. The molecule has 0 fully saturated rings. The van der Waals surface area contributed by atoms with Gasteiger partial charge in [0.05, 0.1) is 0 Å². The molecule has 2 N–H and O–H groups in total. The molecule has 0 unspecified atom stereocenters. The van der Waals surface area contributed by atoms with E-state index in [0.29, 0.717) is 0 Å². The van der Waals surface area contributed by atoms with Gasteiger partial charge in [0.15, 0.2) is 0 Å². The molecule has 0 rings (SSSR count). The van der Waals surface area contributed by atoms with Gasteiger partial charge in [-0.25, -0.2) is 0 Å². The lowest BCUT2D eigenvalue weighted by molar-refractivity contribution is 0.538. The van der Waals surface area contributed by atoms with Gasteiger partial charge in [0.2, 0.25) is 0 Å². The Hall–Kier alpha value is -0.0800. The molecule has 0 atom stereocenters. The largest absolute Gasteiger partial charge is 0.320 e. The third-order valence-electron chi connectivity index (χ3n) is 1.33. The number of hydrogen-bond acceptors (Lipinski definition) is 2. The third-order valence-corrected chi connectivity index (χ3v) is 1.33. The minimum Gasteiger partial charge on any atom is -0.320 e. The molecular weight excluding hydrogens is 124 g/mol. The molecule has 0 aliphatic heterocycles. The molecular formula is C8H20N2. The zero-order valence-electron chi connectivity index (χ0n) is 7.41. The summed E-state index contributed by atoms with van der Waals surface area (Å²) in [6.45, 7) is 7.85. The average molecular weight is 144 g/mol. The van der Waals surface area contributed by atoms with Gasteiger partial charge in [0.25, 0.3) is 0 Å². The van der Waals surface area contributed by atoms with Crippen molar-refractivity contribution in [2.45, 2.75) is 20.3 Å². The Morgan fingerprint density at radius 1 is 1.20 bits per heavy atom. The van der Waals surface area contributed by atoms with E-state index in [4.69, 9.17) is 0 Å². The molecule has 2 nitrogen and oxygen atoms in total. The van der Waals surface area contributed by atoms with Crippen molar-refractivity contribution < 1.29 is 0 Å². The molecule has 0 aromatic rings. The summed E-state index contributed by atoms with van der Waals surface area (Å²) in [4.78, 5) is 0. The number of rotatable bonds is 6. The second-order valence-corrected chi connectivity index (χ2v) is 3.06. The van der Waals surface area contributed by atoms with Crippen molar-refractivity contribution in [3.05, 3.63) is 0 Å². The number of hydrogen-bond donors (Lipinski definition) is 2. The van der Waals surface area contributed by atoms with Gasteiger partial charge in [0, 0.05) is 0 Å². The Morgan fingerprint density at radius 3 is 2.40 bits per heavy atom. The highest BCUT2D eigenvalue weighted by molar-refractivity contribution is 4.51. The summed E-state index contributed by atoms with van der Waals surface area (Å²) >= 11 is 0. The fraction of sp³-hybridized carbons (Fsp3) is 1.00. The predicted molar refractivity (Wildman–Crippen MR) is 46.3 cm³/mol. The second kappa shape index (κ2) is 7.03. The van der Waals surface area contributed by atoms with Crippen LogP contribution >= 0.6 is 0 Å². The van der Waals surface area contributed by atoms with E-state index in [1.165, 1.54) is 6.42 Å². The van der Waals surface area contributed by atoms with Crippen LogP contribution in [0.25, 0.3) is 0 Å². The van der Waals surface area contributed by atoms with Gasteiger partial charge in [-0.2, -0.15) is 0 Å². The molecule has 10 heavy (non-hydrogen) atoms. The monoisotopic (exact) mass is 144 g/mol. The first-order valence-electron chi connectivity index (χ1n) is 4.12. The summed E-state index contributed by atoms with van der Waals surface area (Å²) in [5, 5.41) is 6.50. The summed E-state index contributed by atoms with van der Waals surface area (Å²) < 4.78 is 0.